The lowest BCUT2D eigenvalue weighted by atomic mass is 9.67. The first kappa shape index (κ1) is 18.9. The molecule has 3 rings (SSSR count). The molecule has 2 aromatic rings. The number of sulfonamides is 1. The number of hydrogen-bond donors (Lipinski definition) is 1. The second-order valence-corrected chi connectivity index (χ2v) is 9.02. The Morgan fingerprint density at radius 2 is 1.81 bits per heavy atom. The Balaban J connectivity index is 1.63. The van der Waals surface area contributed by atoms with Gasteiger partial charge in [0.25, 0.3) is 0 Å². The molecule has 0 aromatic heterocycles. The summed E-state index contributed by atoms with van der Waals surface area (Å²) in [5.41, 5.74) is 0.426. The number of rotatable bonds is 5. The number of nitriles is 1. The molecule has 0 amide bonds. The molecule has 1 N–H and O–H groups in total. The quantitative estimate of drug-likeness (QED) is 0.831. The van der Waals surface area contributed by atoms with Crippen molar-refractivity contribution in [1.82, 2.24) is 4.72 Å². The van der Waals surface area contributed by atoms with Gasteiger partial charge in [0.1, 0.15) is 0 Å². The molecule has 1 fully saturated rings. The summed E-state index contributed by atoms with van der Waals surface area (Å²) in [5, 5.41) is 10.4. The summed E-state index contributed by atoms with van der Waals surface area (Å²) in [6.45, 7) is 0.397. The van der Waals surface area contributed by atoms with E-state index in [0.717, 1.165) is 18.4 Å². The first-order valence-corrected chi connectivity index (χ1v) is 10.5. The second-order valence-electron chi connectivity index (χ2n) is 6.81. The van der Waals surface area contributed by atoms with Gasteiger partial charge in [-0.15, -0.1) is 0 Å². The zero-order chi connectivity index (χ0) is 18.6. The predicted molar refractivity (Wildman–Crippen MR) is 102 cm³/mol. The summed E-state index contributed by atoms with van der Waals surface area (Å²) in [7, 11) is -3.48. The number of benzene rings is 2. The van der Waals surface area contributed by atoms with E-state index in [0.29, 0.717) is 24.4 Å². The largest absolute Gasteiger partial charge is 0.240 e. The molecule has 0 aliphatic heterocycles. The number of hydrogen-bond acceptors (Lipinski definition) is 3. The van der Waals surface area contributed by atoms with Gasteiger partial charge >= 0.3 is 0 Å². The minimum Gasteiger partial charge on any atom is -0.211 e. The Bertz CT molecular complexity index is 899. The van der Waals surface area contributed by atoms with Gasteiger partial charge in [-0.2, -0.15) is 5.26 Å². The first-order valence-electron chi connectivity index (χ1n) is 8.67. The van der Waals surface area contributed by atoms with Crippen molar-refractivity contribution >= 4 is 21.6 Å². The van der Waals surface area contributed by atoms with Crippen molar-refractivity contribution in [2.75, 3.05) is 6.54 Å². The normalized spacial score (nSPS) is 23.3. The maximum atomic E-state index is 12.3. The average molecular weight is 389 g/mol. The molecule has 136 valence electrons. The molecule has 1 saturated carbocycles. The van der Waals surface area contributed by atoms with Gasteiger partial charge in [0.2, 0.25) is 10.0 Å². The van der Waals surface area contributed by atoms with Crippen LogP contribution in [0.2, 0.25) is 5.02 Å². The molecule has 4 nitrogen and oxygen atoms in total. The molecule has 26 heavy (non-hydrogen) atoms. The van der Waals surface area contributed by atoms with E-state index in [9.17, 15) is 13.7 Å². The lowest BCUT2D eigenvalue weighted by Gasteiger charge is -2.35. The third-order valence-electron chi connectivity index (χ3n) is 5.17. The zero-order valence-corrected chi connectivity index (χ0v) is 15.9. The van der Waals surface area contributed by atoms with Gasteiger partial charge in [-0.25, -0.2) is 13.1 Å². The Morgan fingerprint density at radius 1 is 1.12 bits per heavy atom. The van der Waals surface area contributed by atoms with Gasteiger partial charge in [-0.1, -0.05) is 41.9 Å². The molecule has 0 bridgehead atoms. The minimum atomic E-state index is -3.48. The molecule has 0 radical (unpaired) electrons. The maximum Gasteiger partial charge on any atom is 0.240 e. The van der Waals surface area contributed by atoms with E-state index in [1.807, 2.05) is 18.2 Å². The van der Waals surface area contributed by atoms with Crippen LogP contribution in [-0.4, -0.2) is 15.0 Å². The van der Waals surface area contributed by atoms with Crippen molar-refractivity contribution in [3.8, 4) is 6.07 Å². The van der Waals surface area contributed by atoms with Crippen molar-refractivity contribution in [3.63, 3.8) is 0 Å². The third kappa shape index (κ3) is 4.09. The summed E-state index contributed by atoms with van der Waals surface area (Å²) >= 11 is 6.08. The summed E-state index contributed by atoms with van der Waals surface area (Å²) in [6, 6.07) is 18.4. The molecule has 0 heterocycles. The highest BCUT2D eigenvalue weighted by Crippen LogP contribution is 2.41. The van der Waals surface area contributed by atoms with Crippen LogP contribution in [-0.2, 0) is 15.4 Å². The Morgan fingerprint density at radius 3 is 2.42 bits per heavy atom. The fraction of sp³-hybridized carbons (Fsp3) is 0.350. The van der Waals surface area contributed by atoms with E-state index in [-0.39, 0.29) is 10.8 Å². The van der Waals surface area contributed by atoms with Crippen molar-refractivity contribution in [2.24, 2.45) is 5.92 Å². The smallest absolute Gasteiger partial charge is 0.211 e. The molecule has 1 aliphatic rings. The van der Waals surface area contributed by atoms with Gasteiger partial charge < -0.3 is 0 Å². The molecular formula is C20H21ClN2O2S. The zero-order valence-electron chi connectivity index (χ0n) is 14.4. The van der Waals surface area contributed by atoms with Crippen molar-refractivity contribution in [2.45, 2.75) is 36.0 Å². The molecule has 0 saturated heterocycles. The average Bonchev–Trinajstić information content (AvgIpc) is 2.67. The van der Waals surface area contributed by atoms with E-state index >= 15 is 0 Å². The SMILES string of the molecule is N#CC1(c2cccc(Cl)c2)CCC(CNS(=O)(=O)c2ccccc2)CC1. The maximum absolute atomic E-state index is 12.3. The first-order chi connectivity index (χ1) is 12.5. The molecule has 2 aromatic carbocycles. The van der Waals surface area contributed by atoms with Crippen LogP contribution in [0.25, 0.3) is 0 Å². The number of nitrogens with one attached hydrogen (secondary N) is 1. The van der Waals surface area contributed by atoms with Gasteiger partial charge in [-0.3, -0.25) is 0 Å². The topological polar surface area (TPSA) is 70.0 Å². The summed E-state index contributed by atoms with van der Waals surface area (Å²) in [6.07, 6.45) is 3.03. The standard InChI is InChI=1S/C20H21ClN2O2S/c21-18-6-4-5-17(13-18)20(15-22)11-9-16(10-12-20)14-23-26(24,25)19-7-2-1-3-8-19/h1-8,13,16,23H,9-12,14H2. The lowest BCUT2D eigenvalue weighted by molar-refractivity contribution is 0.279. The van der Waals surface area contributed by atoms with E-state index in [1.54, 1.807) is 36.4 Å². The number of nitrogens with zero attached hydrogens (tertiary/aromatic N) is 1. The van der Waals surface area contributed by atoms with Gasteiger partial charge in [0.05, 0.1) is 16.4 Å². The highest BCUT2D eigenvalue weighted by Gasteiger charge is 2.37. The van der Waals surface area contributed by atoms with Crippen LogP contribution in [0.1, 0.15) is 31.2 Å². The van der Waals surface area contributed by atoms with Crippen LogP contribution in [0.3, 0.4) is 0 Å². The molecule has 0 spiro atoms. The molecule has 6 heteroatoms. The monoisotopic (exact) mass is 388 g/mol. The van der Waals surface area contributed by atoms with Crippen LogP contribution in [0.5, 0.6) is 0 Å². The second kappa shape index (κ2) is 7.79. The predicted octanol–water partition coefficient (Wildman–Crippen LogP) is 4.27. The van der Waals surface area contributed by atoms with Gasteiger partial charge in [0, 0.05) is 11.6 Å². The lowest BCUT2D eigenvalue weighted by Crippen LogP contribution is -2.36. The highest BCUT2D eigenvalue weighted by molar-refractivity contribution is 7.89. The van der Waals surface area contributed by atoms with Crippen LogP contribution in [0.4, 0.5) is 0 Å². The minimum absolute atomic E-state index is 0.231. The van der Waals surface area contributed by atoms with Crippen LogP contribution >= 0.6 is 11.6 Å². The molecule has 0 atom stereocenters. The Labute approximate surface area is 159 Å². The molecule has 0 unspecified atom stereocenters. The Hall–Kier alpha value is -1.87. The van der Waals surface area contributed by atoms with E-state index in [4.69, 9.17) is 11.6 Å². The number of halogens is 1. The molecule has 1 aliphatic carbocycles. The van der Waals surface area contributed by atoms with Crippen molar-refractivity contribution in [3.05, 3.63) is 65.2 Å². The summed E-state index contributed by atoms with van der Waals surface area (Å²) in [4.78, 5) is 0.279. The summed E-state index contributed by atoms with van der Waals surface area (Å²) < 4.78 is 27.4. The van der Waals surface area contributed by atoms with E-state index in [1.165, 1.54) is 0 Å². The fourth-order valence-corrected chi connectivity index (χ4v) is 4.86. The highest BCUT2D eigenvalue weighted by atomic mass is 35.5. The van der Waals surface area contributed by atoms with E-state index in [2.05, 4.69) is 10.8 Å². The van der Waals surface area contributed by atoms with Gasteiger partial charge in [0.15, 0.2) is 0 Å². The van der Waals surface area contributed by atoms with Crippen LogP contribution in [0, 0.1) is 17.2 Å². The van der Waals surface area contributed by atoms with Gasteiger partial charge in [-0.05, 0) is 61.4 Å². The fourth-order valence-electron chi connectivity index (χ4n) is 3.54. The summed E-state index contributed by atoms with van der Waals surface area (Å²) in [5.74, 6) is 0.231. The Kier molecular flexibility index (Phi) is 5.67. The van der Waals surface area contributed by atoms with Crippen LogP contribution in [0.15, 0.2) is 59.5 Å². The third-order valence-corrected chi connectivity index (χ3v) is 6.84. The van der Waals surface area contributed by atoms with E-state index < -0.39 is 15.4 Å². The van der Waals surface area contributed by atoms with Crippen molar-refractivity contribution < 1.29 is 8.42 Å². The van der Waals surface area contributed by atoms with Crippen molar-refractivity contribution in [1.29, 1.82) is 5.26 Å². The van der Waals surface area contributed by atoms with Crippen LogP contribution < -0.4 is 4.72 Å². The molecular weight excluding hydrogens is 368 g/mol.